The van der Waals surface area contributed by atoms with Crippen LogP contribution >= 0.6 is 11.6 Å². The Kier molecular flexibility index (Phi) is 5.74. The van der Waals surface area contributed by atoms with E-state index in [0.29, 0.717) is 10.8 Å². The number of hydrogen-bond acceptors (Lipinski definition) is 2. The van der Waals surface area contributed by atoms with Gasteiger partial charge in [0, 0.05) is 6.92 Å². The normalized spacial score (nSPS) is 9.93. The Hall–Kier alpha value is -1.20. The highest BCUT2D eigenvalue weighted by Gasteiger charge is 1.96. The van der Waals surface area contributed by atoms with E-state index in [9.17, 15) is 4.79 Å². The summed E-state index contributed by atoms with van der Waals surface area (Å²) in [5.41, 5.74) is 0.928. The van der Waals surface area contributed by atoms with Crippen LogP contribution in [0.25, 0.3) is 0 Å². The second-order valence-electron chi connectivity index (χ2n) is 2.81. The zero-order valence-corrected chi connectivity index (χ0v) is 9.53. The van der Waals surface area contributed by atoms with Crippen molar-refractivity contribution in [1.29, 1.82) is 0 Å². The van der Waals surface area contributed by atoms with Gasteiger partial charge in [-0.15, -0.1) is 0 Å². The van der Waals surface area contributed by atoms with Crippen molar-refractivity contribution in [2.24, 2.45) is 0 Å². The van der Waals surface area contributed by atoms with Gasteiger partial charge in [-0.3, -0.25) is 4.79 Å². The Labute approximate surface area is 89.6 Å². The van der Waals surface area contributed by atoms with Gasteiger partial charge in [-0.25, -0.2) is 0 Å². The molecule has 0 saturated heterocycles. The molecule has 0 fully saturated rings. The molecule has 0 bridgehead atoms. The van der Waals surface area contributed by atoms with Crippen LogP contribution in [0.5, 0.6) is 0 Å². The SMILES string of the molecule is C/C=C(\C#CC(Cl)=C(C)C)OC(C)=O. The third kappa shape index (κ3) is 5.45. The fourth-order valence-corrected chi connectivity index (χ4v) is 0.600. The largest absolute Gasteiger partial charge is 0.418 e. The predicted octanol–water partition coefficient (Wildman–Crippen LogP) is 2.99. The van der Waals surface area contributed by atoms with E-state index < -0.39 is 0 Å². The van der Waals surface area contributed by atoms with E-state index in [1.807, 2.05) is 13.8 Å². The summed E-state index contributed by atoms with van der Waals surface area (Å²) in [6.07, 6.45) is 1.61. The Bertz CT molecular complexity index is 336. The summed E-state index contributed by atoms with van der Waals surface area (Å²) in [5.74, 6) is 5.28. The van der Waals surface area contributed by atoms with Crippen LogP contribution in [0.2, 0.25) is 0 Å². The van der Waals surface area contributed by atoms with E-state index in [4.69, 9.17) is 16.3 Å². The van der Waals surface area contributed by atoms with Crippen LogP contribution in [0.4, 0.5) is 0 Å². The van der Waals surface area contributed by atoms with E-state index in [2.05, 4.69) is 11.8 Å². The Morgan fingerprint density at radius 3 is 2.21 bits per heavy atom. The highest BCUT2D eigenvalue weighted by Crippen LogP contribution is 2.07. The van der Waals surface area contributed by atoms with Crippen LogP contribution in [-0.4, -0.2) is 5.97 Å². The predicted molar refractivity (Wildman–Crippen MR) is 57.5 cm³/mol. The first kappa shape index (κ1) is 12.8. The first-order chi connectivity index (χ1) is 6.47. The Morgan fingerprint density at radius 2 is 1.86 bits per heavy atom. The van der Waals surface area contributed by atoms with Crippen molar-refractivity contribution in [3.8, 4) is 11.8 Å². The first-order valence-electron chi connectivity index (χ1n) is 4.17. The summed E-state index contributed by atoms with van der Waals surface area (Å²) in [6, 6.07) is 0. The van der Waals surface area contributed by atoms with Crippen molar-refractivity contribution in [2.45, 2.75) is 27.7 Å². The smallest absolute Gasteiger partial charge is 0.308 e. The molecule has 0 amide bonds. The summed E-state index contributed by atoms with van der Waals surface area (Å²) < 4.78 is 4.80. The van der Waals surface area contributed by atoms with E-state index in [0.717, 1.165) is 5.57 Å². The van der Waals surface area contributed by atoms with Crippen molar-refractivity contribution in [3.05, 3.63) is 22.4 Å². The molecular weight excluding hydrogens is 200 g/mol. The molecule has 2 nitrogen and oxygen atoms in total. The molecule has 0 spiro atoms. The number of ether oxygens (including phenoxy) is 1. The van der Waals surface area contributed by atoms with Crippen molar-refractivity contribution in [1.82, 2.24) is 0 Å². The molecule has 0 aliphatic heterocycles. The van der Waals surface area contributed by atoms with Gasteiger partial charge in [0.15, 0.2) is 5.76 Å². The van der Waals surface area contributed by atoms with Crippen LogP contribution < -0.4 is 0 Å². The molecule has 0 rings (SSSR count). The van der Waals surface area contributed by atoms with Gasteiger partial charge in [0.05, 0.1) is 5.03 Å². The van der Waals surface area contributed by atoms with Crippen molar-refractivity contribution >= 4 is 17.6 Å². The van der Waals surface area contributed by atoms with Gasteiger partial charge in [-0.1, -0.05) is 11.6 Å². The lowest BCUT2D eigenvalue weighted by molar-refractivity contribution is -0.136. The zero-order chi connectivity index (χ0) is 11.1. The molecule has 0 unspecified atom stereocenters. The molecule has 14 heavy (non-hydrogen) atoms. The molecule has 0 radical (unpaired) electrons. The number of carbonyl (C=O) groups is 1. The van der Waals surface area contributed by atoms with Gasteiger partial charge in [-0.2, -0.15) is 0 Å². The summed E-state index contributed by atoms with van der Waals surface area (Å²) in [6.45, 7) is 6.79. The third-order valence-corrected chi connectivity index (χ3v) is 1.72. The van der Waals surface area contributed by atoms with E-state index >= 15 is 0 Å². The number of rotatable bonds is 1. The fourth-order valence-electron chi connectivity index (χ4n) is 0.553. The van der Waals surface area contributed by atoms with Crippen molar-refractivity contribution in [2.75, 3.05) is 0 Å². The Balaban J connectivity index is 4.64. The molecule has 0 saturated carbocycles. The standard InChI is InChI=1S/C11H13ClO2/c1-5-10(14-9(4)13)6-7-11(12)8(2)3/h5H,1-4H3/b10-5+. The summed E-state index contributed by atoms with van der Waals surface area (Å²) in [5, 5.41) is 0.469. The second-order valence-corrected chi connectivity index (χ2v) is 3.19. The molecule has 0 aromatic heterocycles. The summed E-state index contributed by atoms with van der Waals surface area (Å²) >= 11 is 5.79. The summed E-state index contributed by atoms with van der Waals surface area (Å²) in [4.78, 5) is 10.6. The molecule has 0 aromatic rings. The second kappa shape index (κ2) is 6.28. The molecule has 0 heterocycles. The first-order valence-corrected chi connectivity index (χ1v) is 4.55. The van der Waals surface area contributed by atoms with Crippen LogP contribution in [0, 0.1) is 11.8 Å². The minimum Gasteiger partial charge on any atom is -0.418 e. The van der Waals surface area contributed by atoms with E-state index in [1.165, 1.54) is 6.92 Å². The quantitative estimate of drug-likeness (QED) is 0.380. The van der Waals surface area contributed by atoms with E-state index in [1.54, 1.807) is 13.0 Å². The van der Waals surface area contributed by atoms with Crippen LogP contribution in [0.15, 0.2) is 22.4 Å². The number of hydrogen-bond donors (Lipinski definition) is 0. The molecule has 0 aliphatic rings. The highest BCUT2D eigenvalue weighted by molar-refractivity contribution is 6.32. The maximum Gasteiger partial charge on any atom is 0.308 e. The van der Waals surface area contributed by atoms with Crippen LogP contribution in [-0.2, 0) is 9.53 Å². The minimum atomic E-state index is -0.388. The molecule has 0 aliphatic carbocycles. The van der Waals surface area contributed by atoms with Gasteiger partial charge in [0.2, 0.25) is 0 Å². The van der Waals surface area contributed by atoms with Gasteiger partial charge in [-0.05, 0) is 44.3 Å². The van der Waals surface area contributed by atoms with Gasteiger partial charge >= 0.3 is 5.97 Å². The van der Waals surface area contributed by atoms with Crippen molar-refractivity contribution < 1.29 is 9.53 Å². The van der Waals surface area contributed by atoms with Crippen molar-refractivity contribution in [3.63, 3.8) is 0 Å². The van der Waals surface area contributed by atoms with Gasteiger partial charge in [0.25, 0.3) is 0 Å². The fraction of sp³-hybridized carbons (Fsp3) is 0.364. The lowest BCUT2D eigenvalue weighted by Gasteiger charge is -1.96. The Morgan fingerprint density at radius 1 is 1.29 bits per heavy atom. The number of allylic oxidation sites excluding steroid dienone is 4. The topological polar surface area (TPSA) is 26.3 Å². The lowest BCUT2D eigenvalue weighted by atomic mass is 10.3. The minimum absolute atomic E-state index is 0.317. The van der Waals surface area contributed by atoms with Crippen LogP contribution in [0.1, 0.15) is 27.7 Å². The molecule has 0 atom stereocenters. The number of halogens is 1. The molecule has 3 heteroatoms. The molecular formula is C11H13ClO2. The number of esters is 1. The maximum absolute atomic E-state index is 10.6. The zero-order valence-electron chi connectivity index (χ0n) is 8.77. The molecule has 0 aromatic carbocycles. The highest BCUT2D eigenvalue weighted by atomic mass is 35.5. The molecule has 0 N–H and O–H groups in total. The number of carbonyl (C=O) groups excluding carboxylic acids is 1. The van der Waals surface area contributed by atoms with Crippen LogP contribution in [0.3, 0.4) is 0 Å². The van der Waals surface area contributed by atoms with Gasteiger partial charge in [0.1, 0.15) is 0 Å². The monoisotopic (exact) mass is 212 g/mol. The maximum atomic E-state index is 10.6. The van der Waals surface area contributed by atoms with E-state index in [-0.39, 0.29) is 5.97 Å². The average Bonchev–Trinajstić information content (AvgIpc) is 2.10. The summed E-state index contributed by atoms with van der Waals surface area (Å²) in [7, 11) is 0. The molecule has 76 valence electrons. The third-order valence-electron chi connectivity index (χ3n) is 1.25. The lowest BCUT2D eigenvalue weighted by Crippen LogP contribution is -1.96. The van der Waals surface area contributed by atoms with Gasteiger partial charge < -0.3 is 4.74 Å². The average molecular weight is 213 g/mol.